The molecular formula is C41H69NO6. The number of allylic oxidation sites excluding steroid dienone is 2. The van der Waals surface area contributed by atoms with Gasteiger partial charge in [-0.05, 0) is 136 Å². The van der Waals surface area contributed by atoms with Gasteiger partial charge in [0.2, 0.25) is 5.91 Å². The molecule has 274 valence electrons. The fourth-order valence-electron chi connectivity index (χ4n) is 11.1. The maximum absolute atomic E-state index is 12.8. The number of hydrogen-bond donors (Lipinski definition) is 3. The number of ether oxygens (including phenoxy) is 1. The van der Waals surface area contributed by atoms with Crippen LogP contribution in [-0.4, -0.2) is 46.8 Å². The van der Waals surface area contributed by atoms with E-state index in [1.165, 1.54) is 64.2 Å². The molecule has 0 aliphatic heterocycles. The van der Waals surface area contributed by atoms with Crippen LogP contribution in [0.2, 0.25) is 0 Å². The summed E-state index contributed by atoms with van der Waals surface area (Å²) in [6.45, 7) is 8.94. The molecule has 4 saturated carbocycles. The zero-order valence-electron chi connectivity index (χ0n) is 30.9. The van der Waals surface area contributed by atoms with Gasteiger partial charge in [0.15, 0.2) is 0 Å². The van der Waals surface area contributed by atoms with Gasteiger partial charge in [0, 0.05) is 12.8 Å². The number of carboxylic acid groups (broad SMARTS) is 1. The Labute approximate surface area is 291 Å². The van der Waals surface area contributed by atoms with Crippen molar-refractivity contribution in [1.29, 1.82) is 0 Å². The molecule has 0 aromatic heterocycles. The van der Waals surface area contributed by atoms with Crippen LogP contribution in [0.1, 0.15) is 163 Å². The first-order chi connectivity index (χ1) is 23.0. The van der Waals surface area contributed by atoms with Crippen LogP contribution in [0.15, 0.2) is 12.2 Å². The molecule has 48 heavy (non-hydrogen) atoms. The molecule has 0 heterocycles. The predicted octanol–water partition coefficient (Wildman–Crippen LogP) is 9.01. The Kier molecular flexibility index (Phi) is 14.9. The number of aliphatic hydroxyl groups excluding tert-OH is 1. The summed E-state index contributed by atoms with van der Waals surface area (Å²) >= 11 is 0. The Hall–Kier alpha value is -1.89. The molecule has 3 N–H and O–H groups in total. The van der Waals surface area contributed by atoms with Crippen molar-refractivity contribution in [2.45, 2.75) is 175 Å². The van der Waals surface area contributed by atoms with E-state index < -0.39 is 5.97 Å². The molecule has 7 heteroatoms. The third-order valence-corrected chi connectivity index (χ3v) is 13.9. The first-order valence-corrected chi connectivity index (χ1v) is 20.0. The number of carboxylic acids is 1. The number of fused-ring (bicyclic) bond motifs is 5. The molecule has 0 spiro atoms. The highest BCUT2D eigenvalue weighted by Gasteiger charge is 2.63. The largest absolute Gasteiger partial charge is 0.480 e. The number of carbonyl (C=O) groups excluding carboxylic acids is 2. The molecule has 1 amide bonds. The zero-order chi connectivity index (χ0) is 34.7. The van der Waals surface area contributed by atoms with Crippen LogP contribution < -0.4 is 5.32 Å². The molecule has 0 radical (unpaired) electrons. The average molecular weight is 672 g/mol. The third-order valence-electron chi connectivity index (χ3n) is 13.9. The van der Waals surface area contributed by atoms with E-state index in [1.807, 2.05) is 0 Å². The van der Waals surface area contributed by atoms with Crippen LogP contribution >= 0.6 is 0 Å². The minimum Gasteiger partial charge on any atom is -0.480 e. The van der Waals surface area contributed by atoms with E-state index in [2.05, 4.69) is 45.2 Å². The Morgan fingerprint density at radius 2 is 1.58 bits per heavy atom. The number of nitrogens with one attached hydrogen (secondary N) is 1. The van der Waals surface area contributed by atoms with Crippen LogP contribution in [0.4, 0.5) is 0 Å². The number of aliphatic carboxylic acids is 1. The highest BCUT2D eigenvalue weighted by Crippen LogP contribution is 2.68. The molecule has 0 aromatic rings. The second-order valence-corrected chi connectivity index (χ2v) is 16.8. The first-order valence-electron chi connectivity index (χ1n) is 20.0. The van der Waals surface area contributed by atoms with Crippen molar-refractivity contribution in [3.05, 3.63) is 12.2 Å². The number of carbonyl (C=O) groups is 3. The van der Waals surface area contributed by atoms with E-state index >= 15 is 0 Å². The quantitative estimate of drug-likeness (QED) is 0.0718. The number of unbranched alkanes of at least 4 members (excludes halogenated alkanes) is 8. The van der Waals surface area contributed by atoms with E-state index in [4.69, 9.17) is 9.84 Å². The molecule has 7 nitrogen and oxygen atoms in total. The van der Waals surface area contributed by atoms with Gasteiger partial charge in [-0.2, -0.15) is 0 Å². The van der Waals surface area contributed by atoms with Crippen LogP contribution in [0.3, 0.4) is 0 Å². The molecule has 4 aliphatic carbocycles. The molecular weight excluding hydrogens is 602 g/mol. The van der Waals surface area contributed by atoms with Crippen LogP contribution in [0, 0.1) is 46.3 Å². The van der Waals surface area contributed by atoms with Crippen molar-refractivity contribution in [3.63, 3.8) is 0 Å². The van der Waals surface area contributed by atoms with E-state index in [1.54, 1.807) is 0 Å². The van der Waals surface area contributed by atoms with Crippen LogP contribution in [0.25, 0.3) is 0 Å². The molecule has 4 rings (SSSR count). The van der Waals surface area contributed by atoms with E-state index in [9.17, 15) is 19.5 Å². The second-order valence-electron chi connectivity index (χ2n) is 16.8. The first kappa shape index (κ1) is 38.9. The highest BCUT2D eigenvalue weighted by atomic mass is 16.5. The number of esters is 1. The fourth-order valence-corrected chi connectivity index (χ4v) is 11.1. The van der Waals surface area contributed by atoms with Gasteiger partial charge in [-0.15, -0.1) is 0 Å². The molecule has 0 saturated heterocycles. The van der Waals surface area contributed by atoms with Gasteiger partial charge in [-0.3, -0.25) is 14.4 Å². The summed E-state index contributed by atoms with van der Waals surface area (Å²) in [5.41, 5.74) is 0.0454. The van der Waals surface area contributed by atoms with E-state index in [-0.39, 0.29) is 41.5 Å². The Balaban J connectivity index is 1.19. The molecule has 4 aliphatic rings. The van der Waals surface area contributed by atoms with Crippen molar-refractivity contribution in [3.8, 4) is 0 Å². The smallest absolute Gasteiger partial charge is 0.322 e. The lowest BCUT2D eigenvalue weighted by Gasteiger charge is -2.62. The van der Waals surface area contributed by atoms with Crippen molar-refractivity contribution in [1.82, 2.24) is 5.32 Å². The lowest BCUT2D eigenvalue weighted by atomic mass is 9.43. The molecule has 4 fully saturated rings. The Morgan fingerprint density at radius 1 is 0.875 bits per heavy atom. The summed E-state index contributed by atoms with van der Waals surface area (Å²) < 4.78 is 6.08. The maximum atomic E-state index is 12.8. The van der Waals surface area contributed by atoms with Gasteiger partial charge in [0.05, 0.1) is 6.10 Å². The number of hydrogen-bond acceptors (Lipinski definition) is 5. The minimum absolute atomic E-state index is 0.0124. The Morgan fingerprint density at radius 3 is 2.31 bits per heavy atom. The molecule has 0 bridgehead atoms. The van der Waals surface area contributed by atoms with Gasteiger partial charge < -0.3 is 20.3 Å². The summed E-state index contributed by atoms with van der Waals surface area (Å²) in [5.74, 6) is 1.60. The van der Waals surface area contributed by atoms with Crippen molar-refractivity contribution in [2.75, 3.05) is 6.54 Å². The lowest BCUT2D eigenvalue weighted by molar-refractivity contribution is -0.181. The van der Waals surface area contributed by atoms with Gasteiger partial charge in [0.1, 0.15) is 12.6 Å². The molecule has 0 aromatic carbocycles. The van der Waals surface area contributed by atoms with Gasteiger partial charge >= 0.3 is 11.9 Å². The van der Waals surface area contributed by atoms with Gasteiger partial charge in [-0.1, -0.05) is 72.0 Å². The minimum atomic E-state index is -1.02. The van der Waals surface area contributed by atoms with Gasteiger partial charge in [0.25, 0.3) is 0 Å². The van der Waals surface area contributed by atoms with Crippen molar-refractivity contribution >= 4 is 17.8 Å². The van der Waals surface area contributed by atoms with Gasteiger partial charge in [-0.25, -0.2) is 0 Å². The predicted molar refractivity (Wildman–Crippen MR) is 191 cm³/mol. The van der Waals surface area contributed by atoms with Crippen molar-refractivity contribution in [2.24, 2.45) is 46.3 Å². The third kappa shape index (κ3) is 9.66. The monoisotopic (exact) mass is 672 g/mol. The highest BCUT2D eigenvalue weighted by molar-refractivity contribution is 5.81. The number of amides is 1. The van der Waals surface area contributed by atoms with Crippen molar-refractivity contribution < 1.29 is 29.3 Å². The average Bonchev–Trinajstić information content (AvgIpc) is 3.42. The SMILES string of the molecule is CCCCC/C=C\CCCCCCCC(=O)OC1CCC2(C)C(CCC3C2CC(O)C2(C)C(C(C)CCC(=O)NCC(=O)O)CCC32)C1. The summed E-state index contributed by atoms with van der Waals surface area (Å²) in [4.78, 5) is 35.8. The summed E-state index contributed by atoms with van der Waals surface area (Å²) in [5, 5.41) is 23.2. The summed E-state index contributed by atoms with van der Waals surface area (Å²) in [6.07, 6.45) is 26.4. The molecule has 10 atom stereocenters. The Bertz CT molecular complexity index is 1080. The molecule has 10 unspecified atom stereocenters. The standard InChI is InChI=1S/C41H69NO6/c1-5-6-7-8-9-10-11-12-13-14-15-16-17-39(47)48-31-24-25-40(3)30(26-31)19-20-32-34-22-21-33(41(34,4)36(43)27-35(32)40)29(2)18-23-37(44)42-28-38(45)46/h9-10,29-36,43H,5-8,11-28H2,1-4H3,(H,42,44)(H,45,46)/b10-9-. The normalized spacial score (nSPS) is 35.0. The lowest BCUT2D eigenvalue weighted by Crippen LogP contribution is -2.59. The summed E-state index contributed by atoms with van der Waals surface area (Å²) in [6, 6.07) is 0. The summed E-state index contributed by atoms with van der Waals surface area (Å²) in [7, 11) is 0. The number of aliphatic hydroxyl groups is 1. The van der Waals surface area contributed by atoms with Crippen LogP contribution in [-0.2, 0) is 19.1 Å². The van der Waals surface area contributed by atoms with E-state index in [0.29, 0.717) is 48.3 Å². The number of rotatable bonds is 19. The maximum Gasteiger partial charge on any atom is 0.322 e. The fraction of sp³-hybridized carbons (Fsp3) is 0.878. The second kappa shape index (κ2) is 18.4. The van der Waals surface area contributed by atoms with Crippen LogP contribution in [0.5, 0.6) is 0 Å². The topological polar surface area (TPSA) is 113 Å². The zero-order valence-corrected chi connectivity index (χ0v) is 30.9. The van der Waals surface area contributed by atoms with E-state index in [0.717, 1.165) is 57.8 Å².